The molecule has 278 valence electrons. The molecule has 0 saturated carbocycles. The summed E-state index contributed by atoms with van der Waals surface area (Å²) in [6, 6.07) is 78.2. The first-order valence-corrected chi connectivity index (χ1v) is 20.6. The van der Waals surface area contributed by atoms with Crippen LogP contribution in [0.2, 0.25) is 0 Å². The summed E-state index contributed by atoms with van der Waals surface area (Å²) >= 11 is 0. The van der Waals surface area contributed by atoms with Crippen LogP contribution in [0.1, 0.15) is 37.8 Å². The van der Waals surface area contributed by atoms with E-state index in [-0.39, 0.29) is 5.41 Å². The summed E-state index contributed by atoms with van der Waals surface area (Å²) in [6.45, 7) is 4.73. The van der Waals surface area contributed by atoms with Gasteiger partial charge in [-0.25, -0.2) is 0 Å². The third kappa shape index (κ3) is 5.94. The molecule has 9 aromatic carbocycles. The Bertz CT molecular complexity index is 2890. The third-order valence-corrected chi connectivity index (χ3v) is 12.5. The highest BCUT2D eigenvalue weighted by molar-refractivity contribution is 6.11. The maximum Gasteiger partial charge on any atom is 0.0621 e. The monoisotopic (exact) mass is 743 g/mol. The number of nitrogens with zero attached hydrogens (tertiary/aromatic N) is 1. The topological polar surface area (TPSA) is 3.24 Å². The van der Waals surface area contributed by atoms with E-state index in [0.717, 1.165) is 24.2 Å². The fraction of sp³-hybridized carbons (Fsp3) is 0.0877. The molecule has 0 atom stereocenters. The van der Waals surface area contributed by atoms with Gasteiger partial charge in [-0.3, -0.25) is 0 Å². The van der Waals surface area contributed by atoms with Gasteiger partial charge in [0.25, 0.3) is 0 Å². The van der Waals surface area contributed by atoms with E-state index in [2.05, 4.69) is 231 Å². The van der Waals surface area contributed by atoms with E-state index in [9.17, 15) is 0 Å². The molecule has 0 heterocycles. The molecule has 0 amide bonds. The van der Waals surface area contributed by atoms with Gasteiger partial charge in [-0.2, -0.15) is 0 Å². The first kappa shape index (κ1) is 35.5. The van der Waals surface area contributed by atoms with Crippen LogP contribution >= 0.6 is 0 Å². The first-order valence-electron chi connectivity index (χ1n) is 20.6. The Kier molecular flexibility index (Phi) is 9.07. The Balaban J connectivity index is 1.27. The lowest BCUT2D eigenvalue weighted by atomic mass is 9.73. The number of hydrogen-bond acceptors (Lipinski definition) is 1. The highest BCUT2D eigenvalue weighted by atomic mass is 15.1. The van der Waals surface area contributed by atoms with Crippen LogP contribution in [0.5, 0.6) is 0 Å². The van der Waals surface area contributed by atoms with Crippen LogP contribution < -0.4 is 4.90 Å². The maximum atomic E-state index is 2.55. The van der Waals surface area contributed by atoms with Gasteiger partial charge < -0.3 is 4.90 Å². The molecule has 0 aliphatic heterocycles. The van der Waals surface area contributed by atoms with Gasteiger partial charge in [-0.05, 0) is 116 Å². The van der Waals surface area contributed by atoms with Crippen molar-refractivity contribution in [3.63, 3.8) is 0 Å². The molecule has 0 saturated heterocycles. The lowest BCUT2D eigenvalue weighted by Gasteiger charge is -2.33. The molecule has 0 bridgehead atoms. The Morgan fingerprint density at radius 2 is 0.862 bits per heavy atom. The van der Waals surface area contributed by atoms with Crippen LogP contribution in [0.15, 0.2) is 212 Å². The van der Waals surface area contributed by atoms with E-state index in [1.54, 1.807) is 0 Å². The van der Waals surface area contributed by atoms with Crippen molar-refractivity contribution in [2.45, 2.75) is 32.1 Å². The van der Waals surface area contributed by atoms with Crippen molar-refractivity contribution in [3.8, 4) is 55.6 Å². The van der Waals surface area contributed by atoms with Gasteiger partial charge in [0, 0.05) is 27.7 Å². The minimum atomic E-state index is -0.0878. The van der Waals surface area contributed by atoms with E-state index < -0.39 is 0 Å². The molecule has 0 aromatic heterocycles. The van der Waals surface area contributed by atoms with Gasteiger partial charge in [0.2, 0.25) is 0 Å². The first-order chi connectivity index (χ1) is 28.7. The van der Waals surface area contributed by atoms with Crippen LogP contribution in [0, 0.1) is 0 Å². The van der Waals surface area contributed by atoms with Crippen molar-refractivity contribution >= 4 is 27.8 Å². The van der Waals surface area contributed by atoms with Crippen molar-refractivity contribution in [2.24, 2.45) is 0 Å². The van der Waals surface area contributed by atoms with Gasteiger partial charge in [0.15, 0.2) is 0 Å². The molecule has 1 nitrogen and oxygen atoms in total. The molecule has 0 unspecified atom stereocenters. The molecule has 1 aliphatic rings. The Morgan fingerprint density at radius 1 is 0.362 bits per heavy atom. The number of anilines is 3. The molecule has 0 N–H and O–H groups in total. The van der Waals surface area contributed by atoms with Gasteiger partial charge in [-0.15, -0.1) is 0 Å². The van der Waals surface area contributed by atoms with Gasteiger partial charge in [-0.1, -0.05) is 190 Å². The Hall–Kier alpha value is -6.96. The summed E-state index contributed by atoms with van der Waals surface area (Å²) in [4.78, 5) is 2.55. The van der Waals surface area contributed by atoms with Crippen LogP contribution in [0.25, 0.3) is 66.4 Å². The Labute approximate surface area is 342 Å². The molecule has 0 spiro atoms. The van der Waals surface area contributed by atoms with Crippen molar-refractivity contribution in [1.82, 2.24) is 0 Å². The summed E-state index contributed by atoms with van der Waals surface area (Å²) in [7, 11) is 0. The van der Waals surface area contributed by atoms with Crippen molar-refractivity contribution in [1.29, 1.82) is 0 Å². The second-order valence-electron chi connectivity index (χ2n) is 15.5. The van der Waals surface area contributed by atoms with Crippen LogP contribution in [-0.4, -0.2) is 0 Å². The van der Waals surface area contributed by atoms with Crippen molar-refractivity contribution in [2.75, 3.05) is 4.90 Å². The molecular weight excluding hydrogens is 699 g/mol. The number of fused-ring (bicyclic) bond motifs is 4. The minimum Gasteiger partial charge on any atom is -0.309 e. The molecule has 58 heavy (non-hydrogen) atoms. The molecule has 1 aliphatic carbocycles. The molecule has 0 fully saturated rings. The van der Waals surface area contributed by atoms with E-state index in [1.165, 1.54) is 83.2 Å². The summed E-state index contributed by atoms with van der Waals surface area (Å²) in [5.74, 6) is 0. The predicted octanol–water partition coefficient (Wildman–Crippen LogP) is 16.1. The quantitative estimate of drug-likeness (QED) is 0.142. The second-order valence-corrected chi connectivity index (χ2v) is 15.5. The fourth-order valence-electron chi connectivity index (χ4n) is 9.60. The second kappa shape index (κ2) is 14.8. The fourth-order valence-corrected chi connectivity index (χ4v) is 9.60. The molecule has 1 heteroatoms. The summed E-state index contributed by atoms with van der Waals surface area (Å²) in [5, 5.41) is 2.49. The summed E-state index contributed by atoms with van der Waals surface area (Å²) in [5.41, 5.74) is 18.6. The zero-order valence-electron chi connectivity index (χ0n) is 33.1. The normalized spacial score (nSPS) is 12.6. The summed E-state index contributed by atoms with van der Waals surface area (Å²) < 4.78 is 0. The molecular formula is C57H45N. The van der Waals surface area contributed by atoms with Gasteiger partial charge in [0.05, 0.1) is 5.69 Å². The zero-order valence-corrected chi connectivity index (χ0v) is 33.1. The molecule has 10 rings (SSSR count). The number of rotatable bonds is 9. The lowest BCUT2D eigenvalue weighted by Crippen LogP contribution is -2.23. The average Bonchev–Trinajstić information content (AvgIpc) is 3.59. The standard InChI is InChI=1S/C57H45N/c1-3-57(4-2)53-30-17-16-29-51(53)55-54(57)39-46-32-31-45(41-21-10-6-11-22-41)38-52(46)56(55)58(48-26-18-25-44(37-48)40-19-8-5-9-20-40)47-35-33-43(34-36-47)50-28-15-14-27-49(50)42-23-12-7-13-24-42/h5-39H,3-4H2,1-2H3. The summed E-state index contributed by atoms with van der Waals surface area (Å²) in [6.07, 6.45) is 2.05. The average molecular weight is 744 g/mol. The Morgan fingerprint density at radius 3 is 1.48 bits per heavy atom. The SMILES string of the molecule is CCC1(CC)c2ccccc2-c2c1cc1ccc(-c3ccccc3)cc1c2N(c1ccc(-c2ccccc2-c2ccccc2)cc1)c1cccc(-c2ccccc2)c1. The predicted molar refractivity (Wildman–Crippen MR) is 247 cm³/mol. The highest BCUT2D eigenvalue weighted by Gasteiger charge is 2.43. The van der Waals surface area contributed by atoms with Crippen molar-refractivity contribution < 1.29 is 0 Å². The largest absolute Gasteiger partial charge is 0.309 e. The number of hydrogen-bond donors (Lipinski definition) is 0. The smallest absolute Gasteiger partial charge is 0.0621 e. The molecule has 9 aromatic rings. The van der Waals surface area contributed by atoms with Gasteiger partial charge >= 0.3 is 0 Å². The highest BCUT2D eigenvalue weighted by Crippen LogP contribution is 2.59. The van der Waals surface area contributed by atoms with Crippen molar-refractivity contribution in [3.05, 3.63) is 223 Å². The van der Waals surface area contributed by atoms with E-state index in [1.807, 2.05) is 0 Å². The third-order valence-electron chi connectivity index (χ3n) is 12.5. The van der Waals surface area contributed by atoms with Crippen LogP contribution in [-0.2, 0) is 5.41 Å². The zero-order chi connectivity index (χ0) is 39.1. The van der Waals surface area contributed by atoms with Crippen LogP contribution in [0.3, 0.4) is 0 Å². The number of benzene rings is 9. The van der Waals surface area contributed by atoms with Gasteiger partial charge in [0.1, 0.15) is 0 Å². The van der Waals surface area contributed by atoms with Crippen LogP contribution in [0.4, 0.5) is 17.1 Å². The van der Waals surface area contributed by atoms with E-state index in [4.69, 9.17) is 0 Å². The maximum absolute atomic E-state index is 2.55. The lowest BCUT2D eigenvalue weighted by molar-refractivity contribution is 0.491. The van der Waals surface area contributed by atoms with E-state index in [0.29, 0.717) is 0 Å². The molecule has 0 radical (unpaired) electrons. The van der Waals surface area contributed by atoms with E-state index >= 15 is 0 Å². The minimum absolute atomic E-state index is 0.0878.